The van der Waals surface area contributed by atoms with E-state index in [4.69, 9.17) is 10.5 Å². The van der Waals surface area contributed by atoms with Crippen LogP contribution in [0.2, 0.25) is 0 Å². The number of aromatic nitrogens is 4. The van der Waals surface area contributed by atoms with E-state index >= 15 is 0 Å². The van der Waals surface area contributed by atoms with Crippen molar-refractivity contribution < 1.29 is 9.53 Å². The van der Waals surface area contributed by atoms with Gasteiger partial charge in [-0.05, 0) is 30.9 Å². The van der Waals surface area contributed by atoms with E-state index in [1.165, 1.54) is 0 Å². The van der Waals surface area contributed by atoms with Crippen molar-refractivity contribution in [1.29, 1.82) is 0 Å². The van der Waals surface area contributed by atoms with E-state index in [0.717, 1.165) is 31.6 Å². The van der Waals surface area contributed by atoms with E-state index in [1.807, 2.05) is 0 Å². The van der Waals surface area contributed by atoms with Crippen LogP contribution in [0.25, 0.3) is 22.6 Å². The van der Waals surface area contributed by atoms with Gasteiger partial charge in [-0.3, -0.25) is 14.3 Å². The minimum Gasteiger partial charge on any atom is -0.381 e. The van der Waals surface area contributed by atoms with Gasteiger partial charge in [0.1, 0.15) is 0 Å². The molecule has 26 heavy (non-hydrogen) atoms. The van der Waals surface area contributed by atoms with Crippen molar-refractivity contribution >= 4 is 17.2 Å². The van der Waals surface area contributed by atoms with Gasteiger partial charge in [0.05, 0.1) is 11.9 Å². The second-order valence-corrected chi connectivity index (χ2v) is 6.47. The third-order valence-corrected chi connectivity index (χ3v) is 4.73. The lowest BCUT2D eigenvalue weighted by atomic mass is 10.0. The summed E-state index contributed by atoms with van der Waals surface area (Å²) < 4.78 is 7.04. The smallest absolute Gasteiger partial charge is 0.328 e. The monoisotopic (exact) mass is 353 g/mol. The number of ether oxygens (including phenoxy) is 1. The molecular formula is C18H19N5O3. The number of H-pyrrole nitrogens is 1. The second kappa shape index (κ2) is 6.72. The molecule has 0 atom stereocenters. The fraction of sp³-hybridized carbons (Fsp3) is 0.333. The van der Waals surface area contributed by atoms with Gasteiger partial charge in [-0.2, -0.15) is 0 Å². The zero-order valence-corrected chi connectivity index (χ0v) is 14.1. The Morgan fingerprint density at radius 1 is 1.27 bits per heavy atom. The molecule has 3 aromatic rings. The Bertz CT molecular complexity index is 1000. The van der Waals surface area contributed by atoms with Crippen molar-refractivity contribution in [1.82, 2.24) is 19.5 Å². The van der Waals surface area contributed by atoms with Crippen LogP contribution in [0.1, 0.15) is 23.2 Å². The molecule has 1 aliphatic rings. The summed E-state index contributed by atoms with van der Waals surface area (Å²) in [4.78, 5) is 35.3. The predicted octanol–water partition coefficient (Wildman–Crippen LogP) is 1.31. The molecule has 3 N–H and O–H groups in total. The van der Waals surface area contributed by atoms with Gasteiger partial charge < -0.3 is 10.5 Å². The second-order valence-electron chi connectivity index (χ2n) is 6.47. The van der Waals surface area contributed by atoms with Gasteiger partial charge >= 0.3 is 5.69 Å². The molecule has 1 amide bonds. The molecule has 0 bridgehead atoms. The zero-order chi connectivity index (χ0) is 18.1. The lowest BCUT2D eigenvalue weighted by Gasteiger charge is -2.21. The van der Waals surface area contributed by atoms with Crippen molar-refractivity contribution in [2.45, 2.75) is 19.4 Å². The maximum Gasteiger partial charge on any atom is 0.328 e. The van der Waals surface area contributed by atoms with E-state index in [2.05, 4.69) is 15.0 Å². The SMILES string of the molecule is NC(=O)c1ccc(-c2cnc3[nH]c(=O)n(CC4CCOCC4)c3n2)cc1. The molecule has 8 nitrogen and oxygen atoms in total. The molecule has 1 aliphatic heterocycles. The Morgan fingerprint density at radius 3 is 2.69 bits per heavy atom. The molecule has 0 spiro atoms. The normalized spacial score (nSPS) is 15.4. The zero-order valence-electron chi connectivity index (χ0n) is 14.1. The molecule has 0 aliphatic carbocycles. The maximum absolute atomic E-state index is 12.3. The molecule has 0 unspecified atom stereocenters. The first kappa shape index (κ1) is 16.5. The highest BCUT2D eigenvalue weighted by Gasteiger charge is 2.18. The predicted molar refractivity (Wildman–Crippen MR) is 95.6 cm³/mol. The largest absolute Gasteiger partial charge is 0.381 e. The van der Waals surface area contributed by atoms with Gasteiger partial charge in [0.25, 0.3) is 0 Å². The van der Waals surface area contributed by atoms with Crippen LogP contribution < -0.4 is 11.4 Å². The summed E-state index contributed by atoms with van der Waals surface area (Å²) in [6, 6.07) is 6.83. The Balaban J connectivity index is 1.70. The Morgan fingerprint density at radius 2 is 2.00 bits per heavy atom. The number of benzene rings is 1. The first-order valence-electron chi connectivity index (χ1n) is 8.55. The van der Waals surface area contributed by atoms with Crippen LogP contribution in [0, 0.1) is 5.92 Å². The lowest BCUT2D eigenvalue weighted by molar-refractivity contribution is 0.0613. The number of nitrogens with two attached hydrogens (primary N) is 1. The Labute approximate surface area is 149 Å². The summed E-state index contributed by atoms with van der Waals surface area (Å²) in [5.74, 6) is -0.0882. The minimum atomic E-state index is -0.478. The summed E-state index contributed by atoms with van der Waals surface area (Å²) in [6.07, 6.45) is 3.47. The van der Waals surface area contributed by atoms with E-state index in [0.29, 0.717) is 35.0 Å². The van der Waals surface area contributed by atoms with Crippen LogP contribution in [-0.4, -0.2) is 38.6 Å². The topological polar surface area (TPSA) is 116 Å². The van der Waals surface area contributed by atoms with Gasteiger partial charge in [0, 0.05) is 30.9 Å². The van der Waals surface area contributed by atoms with Crippen LogP contribution >= 0.6 is 0 Å². The molecule has 0 radical (unpaired) electrons. The number of hydrogen-bond donors (Lipinski definition) is 2. The van der Waals surface area contributed by atoms with Crippen LogP contribution in [0.15, 0.2) is 35.3 Å². The number of imidazole rings is 1. The molecule has 1 saturated heterocycles. The minimum absolute atomic E-state index is 0.201. The lowest BCUT2D eigenvalue weighted by Crippen LogP contribution is -2.26. The number of amides is 1. The van der Waals surface area contributed by atoms with Crippen molar-refractivity contribution in [3.05, 3.63) is 46.5 Å². The summed E-state index contributed by atoms with van der Waals surface area (Å²) in [5, 5.41) is 0. The van der Waals surface area contributed by atoms with E-state index in [9.17, 15) is 9.59 Å². The number of fused-ring (bicyclic) bond motifs is 1. The first-order chi connectivity index (χ1) is 12.6. The van der Waals surface area contributed by atoms with Crippen molar-refractivity contribution in [2.75, 3.05) is 13.2 Å². The summed E-state index contributed by atoms with van der Waals surface area (Å²) in [7, 11) is 0. The molecule has 134 valence electrons. The number of rotatable bonds is 4. The Hall–Kier alpha value is -3.00. The van der Waals surface area contributed by atoms with Crippen molar-refractivity contribution in [3.8, 4) is 11.3 Å². The first-order valence-corrected chi connectivity index (χ1v) is 8.55. The number of carbonyl (C=O) groups is 1. The fourth-order valence-corrected chi connectivity index (χ4v) is 3.22. The average molecular weight is 353 g/mol. The van der Waals surface area contributed by atoms with Crippen LogP contribution in [-0.2, 0) is 11.3 Å². The Kier molecular flexibility index (Phi) is 4.26. The molecule has 3 heterocycles. The van der Waals surface area contributed by atoms with Crippen LogP contribution in [0.3, 0.4) is 0 Å². The molecular weight excluding hydrogens is 334 g/mol. The number of aromatic amines is 1. The summed E-state index contributed by atoms with van der Waals surface area (Å²) >= 11 is 0. The third-order valence-electron chi connectivity index (χ3n) is 4.73. The van der Waals surface area contributed by atoms with E-state index in [-0.39, 0.29) is 5.69 Å². The highest BCUT2D eigenvalue weighted by molar-refractivity contribution is 5.93. The van der Waals surface area contributed by atoms with Crippen LogP contribution in [0.4, 0.5) is 0 Å². The van der Waals surface area contributed by atoms with Crippen molar-refractivity contribution in [3.63, 3.8) is 0 Å². The fourth-order valence-electron chi connectivity index (χ4n) is 3.22. The number of carbonyl (C=O) groups excluding carboxylic acids is 1. The highest BCUT2D eigenvalue weighted by atomic mass is 16.5. The van der Waals surface area contributed by atoms with Gasteiger partial charge in [-0.15, -0.1) is 0 Å². The number of nitrogens with zero attached hydrogens (tertiary/aromatic N) is 3. The van der Waals surface area contributed by atoms with Gasteiger partial charge in [-0.25, -0.2) is 14.8 Å². The standard InChI is InChI=1S/C18H19N5O3/c19-15(24)13-3-1-12(2-4-13)14-9-20-16-17(21-14)23(18(25)22-16)10-11-5-7-26-8-6-11/h1-4,9,11H,5-8,10H2,(H2,19,24)(H,20,22,25). The van der Waals surface area contributed by atoms with Gasteiger partial charge in [0.15, 0.2) is 11.3 Å². The molecule has 0 saturated carbocycles. The number of hydrogen-bond acceptors (Lipinski definition) is 5. The number of primary amides is 1. The maximum atomic E-state index is 12.3. The molecule has 8 heteroatoms. The van der Waals surface area contributed by atoms with E-state index in [1.54, 1.807) is 35.0 Å². The molecule has 4 rings (SSSR count). The van der Waals surface area contributed by atoms with Crippen LogP contribution in [0.5, 0.6) is 0 Å². The third kappa shape index (κ3) is 3.11. The average Bonchev–Trinajstić information content (AvgIpc) is 2.97. The quantitative estimate of drug-likeness (QED) is 0.734. The van der Waals surface area contributed by atoms with E-state index < -0.39 is 5.91 Å². The summed E-state index contributed by atoms with van der Waals surface area (Å²) in [6.45, 7) is 2.05. The van der Waals surface area contributed by atoms with Gasteiger partial charge in [-0.1, -0.05) is 12.1 Å². The van der Waals surface area contributed by atoms with Crippen molar-refractivity contribution in [2.24, 2.45) is 11.7 Å². The summed E-state index contributed by atoms with van der Waals surface area (Å²) in [5.41, 5.74) is 7.95. The number of nitrogens with one attached hydrogen (secondary N) is 1. The van der Waals surface area contributed by atoms with Gasteiger partial charge in [0.2, 0.25) is 5.91 Å². The highest BCUT2D eigenvalue weighted by Crippen LogP contribution is 2.21. The molecule has 1 fully saturated rings. The molecule has 2 aromatic heterocycles. The molecule has 1 aromatic carbocycles.